The topological polar surface area (TPSA) is 66.5 Å². The van der Waals surface area contributed by atoms with Crippen LogP contribution in [0.15, 0.2) is 30.3 Å². The largest absolute Gasteiger partial charge is 0.350 e. The fourth-order valence-electron chi connectivity index (χ4n) is 2.26. The van der Waals surface area contributed by atoms with Crippen LogP contribution >= 0.6 is 0 Å². The van der Waals surface area contributed by atoms with E-state index in [-0.39, 0.29) is 30.1 Å². The van der Waals surface area contributed by atoms with Gasteiger partial charge in [0.2, 0.25) is 17.7 Å². The van der Waals surface area contributed by atoms with E-state index < -0.39 is 6.04 Å². The lowest BCUT2D eigenvalue weighted by molar-refractivity contribution is -0.146. The smallest absolute Gasteiger partial charge is 0.243 e. The van der Waals surface area contributed by atoms with Gasteiger partial charge in [0, 0.05) is 18.9 Å². The Morgan fingerprint density at radius 2 is 2.00 bits per heavy atom. The highest BCUT2D eigenvalue weighted by molar-refractivity contribution is 6.06. The van der Waals surface area contributed by atoms with Gasteiger partial charge in [0.05, 0.1) is 0 Å². The first-order valence-corrected chi connectivity index (χ1v) is 6.68. The number of amides is 3. The van der Waals surface area contributed by atoms with Gasteiger partial charge in [-0.3, -0.25) is 19.3 Å². The predicted molar refractivity (Wildman–Crippen MR) is 73.4 cm³/mol. The molecule has 3 amide bonds. The molecular weight excluding hydrogens is 256 g/mol. The standard InChI is InChI=1S/C15H18N2O3/c1-10-8-13(18)17(15(10)20)11(2)14(19)16-9-12-6-4-3-5-7-12/h3-7,10-11H,8-9H2,1-2H3,(H,16,19). The number of hydrogen-bond acceptors (Lipinski definition) is 3. The summed E-state index contributed by atoms with van der Waals surface area (Å²) in [6.07, 6.45) is 0.190. The first-order valence-electron chi connectivity index (χ1n) is 6.68. The third kappa shape index (κ3) is 2.87. The number of hydrogen-bond donors (Lipinski definition) is 1. The molecule has 106 valence electrons. The second-order valence-electron chi connectivity index (χ2n) is 5.09. The van der Waals surface area contributed by atoms with Gasteiger partial charge in [0.15, 0.2) is 0 Å². The molecule has 0 aromatic heterocycles. The molecule has 5 heteroatoms. The predicted octanol–water partition coefficient (Wildman–Crippen LogP) is 1.09. The lowest BCUT2D eigenvalue weighted by Crippen LogP contribution is -2.47. The molecule has 0 saturated carbocycles. The molecule has 1 aliphatic heterocycles. The Morgan fingerprint density at radius 3 is 2.55 bits per heavy atom. The zero-order valence-corrected chi connectivity index (χ0v) is 11.6. The van der Waals surface area contributed by atoms with Gasteiger partial charge in [0.25, 0.3) is 0 Å². The monoisotopic (exact) mass is 274 g/mol. The molecule has 1 heterocycles. The fourth-order valence-corrected chi connectivity index (χ4v) is 2.26. The summed E-state index contributed by atoms with van der Waals surface area (Å²) >= 11 is 0. The van der Waals surface area contributed by atoms with Gasteiger partial charge in [-0.1, -0.05) is 37.3 Å². The summed E-state index contributed by atoms with van der Waals surface area (Å²) in [6, 6.07) is 8.72. The van der Waals surface area contributed by atoms with Crippen LogP contribution in [0.3, 0.4) is 0 Å². The first kappa shape index (κ1) is 14.2. The minimum Gasteiger partial charge on any atom is -0.350 e. The van der Waals surface area contributed by atoms with E-state index in [0.717, 1.165) is 10.5 Å². The van der Waals surface area contributed by atoms with Crippen molar-refractivity contribution in [1.82, 2.24) is 10.2 Å². The zero-order valence-electron chi connectivity index (χ0n) is 11.6. The Bertz CT molecular complexity index is 527. The summed E-state index contributed by atoms with van der Waals surface area (Å²) in [5, 5.41) is 2.75. The number of nitrogens with one attached hydrogen (secondary N) is 1. The molecule has 1 aromatic carbocycles. The van der Waals surface area contributed by atoms with Gasteiger partial charge in [-0.05, 0) is 12.5 Å². The van der Waals surface area contributed by atoms with Crippen LogP contribution in [0.1, 0.15) is 25.8 Å². The minimum atomic E-state index is -0.760. The van der Waals surface area contributed by atoms with E-state index in [1.165, 1.54) is 0 Å². The Balaban J connectivity index is 1.95. The van der Waals surface area contributed by atoms with Crippen LogP contribution in [0.25, 0.3) is 0 Å². The molecule has 0 spiro atoms. The maximum Gasteiger partial charge on any atom is 0.243 e. The molecule has 5 nitrogen and oxygen atoms in total. The van der Waals surface area contributed by atoms with Crippen molar-refractivity contribution in [2.45, 2.75) is 32.9 Å². The Labute approximate surface area is 118 Å². The second kappa shape index (κ2) is 5.86. The quantitative estimate of drug-likeness (QED) is 0.836. The van der Waals surface area contributed by atoms with Crippen LogP contribution in [0.4, 0.5) is 0 Å². The summed E-state index contributed by atoms with van der Waals surface area (Å²) in [7, 11) is 0. The van der Waals surface area contributed by atoms with Crippen molar-refractivity contribution in [3.05, 3.63) is 35.9 Å². The molecule has 2 unspecified atom stereocenters. The van der Waals surface area contributed by atoms with Crippen molar-refractivity contribution in [1.29, 1.82) is 0 Å². The van der Waals surface area contributed by atoms with Crippen molar-refractivity contribution in [3.63, 3.8) is 0 Å². The van der Waals surface area contributed by atoms with Crippen molar-refractivity contribution in [3.8, 4) is 0 Å². The number of imide groups is 1. The summed E-state index contributed by atoms with van der Waals surface area (Å²) in [6.45, 7) is 3.67. The molecule has 1 aromatic rings. The molecular formula is C15H18N2O3. The Hall–Kier alpha value is -2.17. The van der Waals surface area contributed by atoms with Crippen LogP contribution < -0.4 is 5.32 Å². The van der Waals surface area contributed by atoms with Crippen LogP contribution in [0.5, 0.6) is 0 Å². The van der Waals surface area contributed by atoms with Gasteiger partial charge < -0.3 is 5.32 Å². The van der Waals surface area contributed by atoms with Crippen molar-refractivity contribution in [2.75, 3.05) is 0 Å². The van der Waals surface area contributed by atoms with Gasteiger partial charge in [-0.2, -0.15) is 0 Å². The lowest BCUT2D eigenvalue weighted by Gasteiger charge is -2.22. The van der Waals surface area contributed by atoms with E-state index in [1.807, 2.05) is 30.3 Å². The van der Waals surface area contributed by atoms with Crippen molar-refractivity contribution >= 4 is 17.7 Å². The lowest BCUT2D eigenvalue weighted by atomic mass is 10.1. The average Bonchev–Trinajstić information content (AvgIpc) is 2.70. The Morgan fingerprint density at radius 1 is 1.35 bits per heavy atom. The number of likely N-dealkylation sites (tertiary alicyclic amines) is 1. The molecule has 0 radical (unpaired) electrons. The van der Waals surface area contributed by atoms with Gasteiger partial charge in [-0.25, -0.2) is 0 Å². The normalized spacial score (nSPS) is 20.1. The molecule has 2 atom stereocenters. The van der Waals surface area contributed by atoms with Gasteiger partial charge in [-0.15, -0.1) is 0 Å². The highest BCUT2D eigenvalue weighted by Gasteiger charge is 2.40. The van der Waals surface area contributed by atoms with E-state index in [1.54, 1.807) is 13.8 Å². The molecule has 0 aliphatic carbocycles. The number of carbonyl (C=O) groups is 3. The molecule has 1 N–H and O–H groups in total. The molecule has 2 rings (SSSR count). The van der Waals surface area contributed by atoms with Crippen LogP contribution in [-0.4, -0.2) is 28.7 Å². The second-order valence-corrected chi connectivity index (χ2v) is 5.09. The van der Waals surface area contributed by atoms with Crippen LogP contribution in [-0.2, 0) is 20.9 Å². The number of benzene rings is 1. The molecule has 0 bridgehead atoms. The van der Waals surface area contributed by atoms with Crippen LogP contribution in [0, 0.1) is 5.92 Å². The maximum atomic E-state index is 12.0. The molecule has 1 saturated heterocycles. The highest BCUT2D eigenvalue weighted by atomic mass is 16.2. The molecule has 1 aliphatic rings. The van der Waals surface area contributed by atoms with Crippen LogP contribution in [0.2, 0.25) is 0 Å². The third-order valence-corrected chi connectivity index (χ3v) is 3.48. The summed E-state index contributed by atoms with van der Waals surface area (Å²) < 4.78 is 0. The van der Waals surface area contributed by atoms with E-state index in [4.69, 9.17) is 0 Å². The minimum absolute atomic E-state index is 0.190. The zero-order chi connectivity index (χ0) is 14.7. The average molecular weight is 274 g/mol. The van der Waals surface area contributed by atoms with Gasteiger partial charge in [0.1, 0.15) is 6.04 Å². The fraction of sp³-hybridized carbons (Fsp3) is 0.400. The summed E-state index contributed by atoms with van der Waals surface area (Å²) in [5.74, 6) is -1.18. The number of nitrogens with zero attached hydrogens (tertiary/aromatic N) is 1. The third-order valence-electron chi connectivity index (χ3n) is 3.48. The van der Waals surface area contributed by atoms with E-state index in [2.05, 4.69) is 5.32 Å². The Kier molecular flexibility index (Phi) is 4.17. The summed E-state index contributed by atoms with van der Waals surface area (Å²) in [5.41, 5.74) is 0.973. The number of carbonyl (C=O) groups excluding carboxylic acids is 3. The van der Waals surface area contributed by atoms with E-state index in [0.29, 0.717) is 6.54 Å². The SMILES string of the molecule is CC1CC(=O)N(C(C)C(=O)NCc2ccccc2)C1=O. The molecule has 1 fully saturated rings. The van der Waals surface area contributed by atoms with Crippen molar-refractivity contribution in [2.24, 2.45) is 5.92 Å². The highest BCUT2D eigenvalue weighted by Crippen LogP contribution is 2.21. The maximum absolute atomic E-state index is 12.0. The molecule has 20 heavy (non-hydrogen) atoms. The van der Waals surface area contributed by atoms with E-state index in [9.17, 15) is 14.4 Å². The summed E-state index contributed by atoms with van der Waals surface area (Å²) in [4.78, 5) is 36.7. The van der Waals surface area contributed by atoms with Crippen molar-refractivity contribution < 1.29 is 14.4 Å². The van der Waals surface area contributed by atoms with E-state index >= 15 is 0 Å². The number of rotatable bonds is 4. The first-order chi connectivity index (χ1) is 9.50. The van der Waals surface area contributed by atoms with Gasteiger partial charge >= 0.3 is 0 Å².